The summed E-state index contributed by atoms with van der Waals surface area (Å²) in [4.78, 5) is 12.5. The Kier molecular flexibility index (Phi) is 60.2. The van der Waals surface area contributed by atoms with E-state index in [0.29, 0.717) is 6.42 Å². The van der Waals surface area contributed by atoms with Crippen LogP contribution in [0, 0.1) is 0 Å². The first-order chi connectivity index (χ1) is 34.2. The van der Waals surface area contributed by atoms with Crippen molar-refractivity contribution in [3.63, 3.8) is 0 Å². The van der Waals surface area contributed by atoms with Crippen LogP contribution in [0.1, 0.15) is 367 Å². The molecule has 0 heterocycles. The summed E-state index contributed by atoms with van der Waals surface area (Å²) in [5.41, 5.74) is 0. The molecule has 0 aromatic heterocycles. The van der Waals surface area contributed by atoms with Crippen LogP contribution in [0.15, 0.2) is 24.3 Å². The molecule has 0 saturated carbocycles. The highest BCUT2D eigenvalue weighted by molar-refractivity contribution is 5.76. The average molecular weight is 971 g/mol. The summed E-state index contributed by atoms with van der Waals surface area (Å²) in [5.74, 6) is -0.0560. The van der Waals surface area contributed by atoms with E-state index in [-0.39, 0.29) is 12.5 Å². The number of rotatable bonds is 60. The topological polar surface area (TPSA) is 69.6 Å². The number of aliphatic hydroxyl groups is 2. The molecule has 0 rings (SSSR count). The largest absolute Gasteiger partial charge is 0.394 e. The van der Waals surface area contributed by atoms with Gasteiger partial charge in [-0.05, 0) is 44.9 Å². The second kappa shape index (κ2) is 61.2. The minimum atomic E-state index is -0.838. The summed E-state index contributed by atoms with van der Waals surface area (Å²) in [5, 5.41) is 23.2. The number of allylic oxidation sites excluding steroid dienone is 3. The third kappa shape index (κ3) is 57.6. The predicted octanol–water partition coefficient (Wildman–Crippen LogP) is 21.4. The summed E-state index contributed by atoms with van der Waals surface area (Å²) in [7, 11) is 0. The van der Waals surface area contributed by atoms with Crippen molar-refractivity contribution in [3.05, 3.63) is 24.3 Å². The molecule has 0 aromatic rings. The minimum absolute atomic E-state index is 0.0560. The molecular formula is C65H127NO3. The maximum atomic E-state index is 12.5. The zero-order valence-electron chi connectivity index (χ0n) is 47.4. The summed E-state index contributed by atoms with van der Waals surface area (Å²) in [6, 6.07) is -0.621. The molecule has 1 amide bonds. The maximum absolute atomic E-state index is 12.5. The molecule has 0 bridgehead atoms. The van der Waals surface area contributed by atoms with Gasteiger partial charge in [-0.1, -0.05) is 340 Å². The predicted molar refractivity (Wildman–Crippen MR) is 309 cm³/mol. The van der Waals surface area contributed by atoms with Gasteiger partial charge in [-0.15, -0.1) is 0 Å². The van der Waals surface area contributed by atoms with Gasteiger partial charge in [0.15, 0.2) is 0 Å². The van der Waals surface area contributed by atoms with Gasteiger partial charge in [0, 0.05) is 6.42 Å². The number of nitrogens with one attached hydrogen (secondary N) is 1. The van der Waals surface area contributed by atoms with Crippen molar-refractivity contribution in [1.82, 2.24) is 5.32 Å². The number of amides is 1. The van der Waals surface area contributed by atoms with Crippen LogP contribution in [0.3, 0.4) is 0 Å². The summed E-state index contributed by atoms with van der Waals surface area (Å²) in [6.45, 7) is 4.36. The van der Waals surface area contributed by atoms with Gasteiger partial charge in [-0.25, -0.2) is 0 Å². The highest BCUT2D eigenvalue weighted by atomic mass is 16.3. The van der Waals surface area contributed by atoms with Crippen LogP contribution < -0.4 is 5.32 Å². The van der Waals surface area contributed by atoms with Crippen LogP contribution in [0.25, 0.3) is 0 Å². The van der Waals surface area contributed by atoms with E-state index in [4.69, 9.17) is 0 Å². The van der Waals surface area contributed by atoms with E-state index in [2.05, 4.69) is 31.3 Å². The fourth-order valence-corrected chi connectivity index (χ4v) is 10.3. The van der Waals surface area contributed by atoms with Crippen molar-refractivity contribution in [2.24, 2.45) is 0 Å². The van der Waals surface area contributed by atoms with E-state index in [1.807, 2.05) is 6.08 Å². The zero-order chi connectivity index (χ0) is 49.9. The van der Waals surface area contributed by atoms with Crippen LogP contribution >= 0.6 is 0 Å². The Hall–Kier alpha value is -1.13. The first-order valence-electron chi connectivity index (χ1n) is 32.1. The molecule has 2 atom stereocenters. The molecule has 0 fully saturated rings. The van der Waals surface area contributed by atoms with Gasteiger partial charge in [0.05, 0.1) is 18.8 Å². The van der Waals surface area contributed by atoms with Gasteiger partial charge in [0.25, 0.3) is 0 Å². The van der Waals surface area contributed by atoms with Gasteiger partial charge in [-0.2, -0.15) is 0 Å². The van der Waals surface area contributed by atoms with Crippen LogP contribution in [-0.4, -0.2) is 34.9 Å². The number of carbonyl (C=O) groups excluding carboxylic acids is 1. The lowest BCUT2D eigenvalue weighted by Crippen LogP contribution is -2.45. The Balaban J connectivity index is 3.42. The van der Waals surface area contributed by atoms with Crippen molar-refractivity contribution < 1.29 is 15.0 Å². The van der Waals surface area contributed by atoms with Crippen molar-refractivity contribution in [2.45, 2.75) is 379 Å². The number of aliphatic hydroxyl groups excluding tert-OH is 2. The molecule has 2 unspecified atom stereocenters. The number of hydrogen-bond acceptors (Lipinski definition) is 3. The Morgan fingerprint density at radius 3 is 0.797 bits per heavy atom. The number of hydrogen-bond donors (Lipinski definition) is 3. The Bertz CT molecular complexity index is 1010. The first-order valence-corrected chi connectivity index (χ1v) is 32.1. The lowest BCUT2D eigenvalue weighted by Gasteiger charge is -2.20. The van der Waals surface area contributed by atoms with Crippen molar-refractivity contribution in [1.29, 1.82) is 0 Å². The molecule has 4 nitrogen and oxygen atoms in total. The van der Waals surface area contributed by atoms with Crippen molar-refractivity contribution in [2.75, 3.05) is 6.61 Å². The molecular weight excluding hydrogens is 843 g/mol. The number of carbonyl (C=O) groups is 1. The van der Waals surface area contributed by atoms with Gasteiger partial charge in [0.2, 0.25) is 5.91 Å². The molecule has 0 aliphatic heterocycles. The van der Waals surface area contributed by atoms with Crippen LogP contribution in [-0.2, 0) is 4.79 Å². The van der Waals surface area contributed by atoms with Crippen molar-refractivity contribution in [3.8, 4) is 0 Å². The molecule has 410 valence electrons. The molecule has 0 saturated heterocycles. The second-order valence-corrected chi connectivity index (χ2v) is 22.2. The van der Waals surface area contributed by atoms with Gasteiger partial charge >= 0.3 is 0 Å². The van der Waals surface area contributed by atoms with Gasteiger partial charge in [-0.3, -0.25) is 4.79 Å². The summed E-state index contributed by atoms with van der Waals surface area (Å²) >= 11 is 0. The third-order valence-corrected chi connectivity index (χ3v) is 15.2. The SMILES string of the molecule is CCCCCCCCCCCCCC/C=C\CCCCCCCCCCCCCCCCCCCC(=O)NC(CO)C(O)/C=C/CCCCCCCCCCCCCCCCCCCCCCCC. The molecule has 69 heavy (non-hydrogen) atoms. The zero-order valence-corrected chi connectivity index (χ0v) is 47.4. The second-order valence-electron chi connectivity index (χ2n) is 22.2. The van der Waals surface area contributed by atoms with Gasteiger partial charge < -0.3 is 15.5 Å². The molecule has 0 aliphatic carbocycles. The lowest BCUT2D eigenvalue weighted by atomic mass is 10.0. The average Bonchev–Trinajstić information content (AvgIpc) is 3.35. The Morgan fingerprint density at radius 1 is 0.333 bits per heavy atom. The standard InChI is InChI=1S/C65H127NO3/c1-3-5-7-9-11-13-15-17-19-21-23-25-27-29-30-31-32-33-34-35-36-37-39-41-43-45-47-49-51-53-55-57-59-61-65(69)66-63(62-67)64(68)60-58-56-54-52-50-48-46-44-42-40-38-28-26-24-22-20-18-16-14-12-10-8-6-4-2/h29-30,58,60,63-64,67-68H,3-28,31-57,59,61-62H2,1-2H3,(H,66,69)/b30-29-,60-58+. The molecule has 0 radical (unpaired) electrons. The van der Waals surface area contributed by atoms with E-state index >= 15 is 0 Å². The molecule has 0 aromatic carbocycles. The van der Waals surface area contributed by atoms with E-state index in [9.17, 15) is 15.0 Å². The molecule has 0 spiro atoms. The number of unbranched alkanes of at least 4 members (excludes halogenated alkanes) is 51. The maximum Gasteiger partial charge on any atom is 0.220 e. The van der Waals surface area contributed by atoms with E-state index in [0.717, 1.165) is 25.7 Å². The highest BCUT2D eigenvalue weighted by Gasteiger charge is 2.18. The minimum Gasteiger partial charge on any atom is -0.394 e. The smallest absolute Gasteiger partial charge is 0.220 e. The normalized spacial score (nSPS) is 12.8. The third-order valence-electron chi connectivity index (χ3n) is 15.2. The molecule has 3 N–H and O–H groups in total. The summed E-state index contributed by atoms with van der Waals surface area (Å²) in [6.07, 6.45) is 82.4. The molecule has 0 aliphatic rings. The Morgan fingerprint density at radius 2 is 0.551 bits per heavy atom. The van der Waals surface area contributed by atoms with E-state index in [1.54, 1.807) is 6.08 Å². The first kappa shape index (κ1) is 67.9. The van der Waals surface area contributed by atoms with Crippen LogP contribution in [0.4, 0.5) is 0 Å². The lowest BCUT2D eigenvalue weighted by molar-refractivity contribution is -0.123. The Labute approximate surface area is 434 Å². The highest BCUT2D eigenvalue weighted by Crippen LogP contribution is 2.18. The van der Waals surface area contributed by atoms with E-state index < -0.39 is 12.1 Å². The van der Waals surface area contributed by atoms with E-state index in [1.165, 1.54) is 321 Å². The van der Waals surface area contributed by atoms with Gasteiger partial charge in [0.1, 0.15) is 0 Å². The quantitative estimate of drug-likeness (QED) is 0.0420. The molecule has 4 heteroatoms. The monoisotopic (exact) mass is 970 g/mol. The van der Waals surface area contributed by atoms with Crippen molar-refractivity contribution >= 4 is 5.91 Å². The fourth-order valence-electron chi connectivity index (χ4n) is 10.3. The van der Waals surface area contributed by atoms with Crippen LogP contribution in [0.2, 0.25) is 0 Å². The summed E-state index contributed by atoms with van der Waals surface area (Å²) < 4.78 is 0. The fraction of sp³-hybridized carbons (Fsp3) is 0.923. The van der Waals surface area contributed by atoms with Crippen LogP contribution in [0.5, 0.6) is 0 Å².